The summed E-state index contributed by atoms with van der Waals surface area (Å²) >= 11 is 3.18. The van der Waals surface area contributed by atoms with Crippen molar-refractivity contribution in [1.29, 1.82) is 0 Å². The molecular formula is C25H22N4O2S2. The number of thiazole rings is 1. The van der Waals surface area contributed by atoms with Gasteiger partial charge in [0.25, 0.3) is 11.8 Å². The minimum Gasteiger partial charge on any atom is -0.333 e. The lowest BCUT2D eigenvalue weighted by atomic mass is 10.1. The van der Waals surface area contributed by atoms with Crippen molar-refractivity contribution in [1.82, 2.24) is 15.1 Å². The molecule has 0 N–H and O–H groups in total. The average molecular weight is 475 g/mol. The van der Waals surface area contributed by atoms with Crippen molar-refractivity contribution in [3.05, 3.63) is 58.7 Å². The zero-order chi connectivity index (χ0) is 22.5. The van der Waals surface area contributed by atoms with Gasteiger partial charge in [0.1, 0.15) is 4.88 Å². The second kappa shape index (κ2) is 8.11. The molecule has 0 unspecified atom stereocenters. The summed E-state index contributed by atoms with van der Waals surface area (Å²) in [6.45, 7) is 3.92. The standard InChI is InChI=1S/C25H22N4O2S2/c1-14-22(32-15(2)26-14)24-27-23(28-31-24)16-11-12-19-21(13-16)33-20-10-6-5-9-18(20)25(30)29(19)17-7-3-4-8-17/h5-6,9-13,17H,3-4,7-8H2,1-2H3. The van der Waals surface area contributed by atoms with Crippen LogP contribution in [0.5, 0.6) is 0 Å². The topological polar surface area (TPSA) is 72.1 Å². The Balaban J connectivity index is 1.43. The molecule has 1 fully saturated rings. The number of carbonyl (C=O) groups is 1. The molecule has 3 heterocycles. The Kier molecular flexibility index (Phi) is 5.07. The van der Waals surface area contributed by atoms with Gasteiger partial charge in [0.2, 0.25) is 5.82 Å². The quantitative estimate of drug-likeness (QED) is 0.336. The van der Waals surface area contributed by atoms with Crippen LogP contribution in [0.1, 0.15) is 46.7 Å². The zero-order valence-electron chi connectivity index (χ0n) is 18.4. The van der Waals surface area contributed by atoms with Gasteiger partial charge in [-0.05, 0) is 57.0 Å². The molecule has 8 heteroatoms. The smallest absolute Gasteiger partial charge is 0.270 e. The van der Waals surface area contributed by atoms with E-state index in [0.29, 0.717) is 11.7 Å². The average Bonchev–Trinajstić information content (AvgIpc) is 3.55. The fourth-order valence-corrected chi connectivity index (χ4v) is 6.66. The van der Waals surface area contributed by atoms with Crippen LogP contribution in [0, 0.1) is 13.8 Å². The largest absolute Gasteiger partial charge is 0.333 e. The maximum atomic E-state index is 13.6. The number of aryl methyl sites for hydroxylation is 2. The molecule has 6 nitrogen and oxygen atoms in total. The molecule has 2 aliphatic rings. The van der Waals surface area contributed by atoms with Crippen LogP contribution in [0.3, 0.4) is 0 Å². The molecule has 166 valence electrons. The molecular weight excluding hydrogens is 452 g/mol. The summed E-state index contributed by atoms with van der Waals surface area (Å²) in [6, 6.07) is 14.2. The summed E-state index contributed by atoms with van der Waals surface area (Å²) in [6.07, 6.45) is 4.42. The number of carbonyl (C=O) groups excluding carboxylic acids is 1. The normalized spacial score (nSPS) is 16.1. The van der Waals surface area contributed by atoms with Crippen molar-refractivity contribution >= 4 is 34.7 Å². The summed E-state index contributed by atoms with van der Waals surface area (Å²) in [7, 11) is 0. The molecule has 0 bridgehead atoms. The SMILES string of the molecule is Cc1nc(C)c(-c2nc(-c3ccc4c(c3)Sc3ccccc3C(=O)N4C3CCCC3)no2)s1. The maximum Gasteiger partial charge on any atom is 0.270 e. The molecule has 33 heavy (non-hydrogen) atoms. The summed E-state index contributed by atoms with van der Waals surface area (Å²) < 4.78 is 5.58. The summed E-state index contributed by atoms with van der Waals surface area (Å²) in [4.78, 5) is 27.7. The number of rotatable bonds is 3. The fourth-order valence-electron chi connectivity index (χ4n) is 4.71. The maximum absolute atomic E-state index is 13.6. The highest BCUT2D eigenvalue weighted by atomic mass is 32.2. The molecule has 0 atom stereocenters. The Bertz CT molecular complexity index is 1370. The van der Waals surface area contributed by atoms with E-state index in [-0.39, 0.29) is 11.9 Å². The molecule has 1 amide bonds. The molecule has 0 radical (unpaired) electrons. The van der Waals surface area contributed by atoms with Crippen molar-refractivity contribution in [3.63, 3.8) is 0 Å². The van der Waals surface area contributed by atoms with E-state index < -0.39 is 0 Å². The van der Waals surface area contributed by atoms with Gasteiger partial charge in [-0.1, -0.05) is 41.9 Å². The van der Waals surface area contributed by atoms with Gasteiger partial charge >= 0.3 is 0 Å². The number of benzene rings is 2. The highest BCUT2D eigenvalue weighted by Crippen LogP contribution is 2.45. The van der Waals surface area contributed by atoms with Crippen LogP contribution in [0.2, 0.25) is 0 Å². The van der Waals surface area contributed by atoms with Gasteiger partial charge in [0.05, 0.1) is 22.0 Å². The molecule has 1 saturated carbocycles. The van der Waals surface area contributed by atoms with Gasteiger partial charge in [-0.25, -0.2) is 4.98 Å². The van der Waals surface area contributed by atoms with Crippen molar-refractivity contribution < 1.29 is 9.32 Å². The predicted molar refractivity (Wildman–Crippen MR) is 130 cm³/mol. The number of aromatic nitrogens is 3. The van der Waals surface area contributed by atoms with Crippen LogP contribution in [0.4, 0.5) is 5.69 Å². The lowest BCUT2D eigenvalue weighted by molar-refractivity contribution is 0.0974. The lowest BCUT2D eigenvalue weighted by Crippen LogP contribution is -2.39. The first kappa shape index (κ1) is 20.6. The summed E-state index contributed by atoms with van der Waals surface area (Å²) in [5.41, 5.74) is 3.50. The Labute approximate surface area is 200 Å². The highest BCUT2D eigenvalue weighted by Gasteiger charge is 2.34. The second-order valence-corrected chi connectivity index (χ2v) is 10.8. The first-order chi connectivity index (χ1) is 16.1. The third kappa shape index (κ3) is 3.57. The lowest BCUT2D eigenvalue weighted by Gasteiger charge is -2.29. The van der Waals surface area contributed by atoms with Gasteiger partial charge in [0.15, 0.2) is 0 Å². The number of hydrogen-bond acceptors (Lipinski definition) is 7. The molecule has 1 aliphatic carbocycles. The first-order valence-electron chi connectivity index (χ1n) is 11.1. The molecule has 6 rings (SSSR count). The van der Waals surface area contributed by atoms with Crippen molar-refractivity contribution in [2.45, 2.75) is 55.4 Å². The third-order valence-electron chi connectivity index (χ3n) is 6.25. The van der Waals surface area contributed by atoms with E-state index in [1.165, 1.54) is 12.8 Å². The van der Waals surface area contributed by atoms with Crippen LogP contribution >= 0.6 is 23.1 Å². The van der Waals surface area contributed by atoms with E-state index in [4.69, 9.17) is 4.52 Å². The van der Waals surface area contributed by atoms with Crippen LogP contribution in [-0.4, -0.2) is 27.1 Å². The monoisotopic (exact) mass is 474 g/mol. The number of amides is 1. The molecule has 1 aliphatic heterocycles. The fraction of sp³-hybridized carbons (Fsp3) is 0.280. The number of nitrogens with zero attached hydrogens (tertiary/aromatic N) is 4. The van der Waals surface area contributed by atoms with Gasteiger partial charge in [0, 0.05) is 21.4 Å². The Morgan fingerprint density at radius 1 is 1.03 bits per heavy atom. The summed E-state index contributed by atoms with van der Waals surface area (Å²) in [5.74, 6) is 1.12. The van der Waals surface area contributed by atoms with Gasteiger partial charge in [-0.2, -0.15) is 4.98 Å². The Morgan fingerprint density at radius 3 is 2.64 bits per heavy atom. The second-order valence-electron chi connectivity index (χ2n) is 8.46. The van der Waals surface area contributed by atoms with E-state index in [2.05, 4.69) is 21.2 Å². The Morgan fingerprint density at radius 2 is 1.85 bits per heavy atom. The number of hydrogen-bond donors (Lipinski definition) is 0. The first-order valence-corrected chi connectivity index (χ1v) is 12.7. The third-order valence-corrected chi connectivity index (χ3v) is 8.43. The molecule has 0 spiro atoms. The number of anilines is 1. The van der Waals surface area contributed by atoms with Crippen molar-refractivity contribution in [2.24, 2.45) is 0 Å². The summed E-state index contributed by atoms with van der Waals surface area (Å²) in [5, 5.41) is 5.22. The molecule has 4 aromatic rings. The molecule has 0 saturated heterocycles. The van der Waals surface area contributed by atoms with Crippen LogP contribution < -0.4 is 4.90 Å². The highest BCUT2D eigenvalue weighted by molar-refractivity contribution is 7.99. The minimum atomic E-state index is 0.0920. The van der Waals surface area contributed by atoms with E-state index in [1.807, 2.05) is 55.1 Å². The van der Waals surface area contributed by atoms with Crippen molar-refractivity contribution in [2.75, 3.05) is 4.90 Å². The van der Waals surface area contributed by atoms with E-state index >= 15 is 0 Å². The molecule has 2 aromatic carbocycles. The predicted octanol–water partition coefficient (Wildman–Crippen LogP) is 6.53. The molecule has 2 aromatic heterocycles. The zero-order valence-corrected chi connectivity index (χ0v) is 20.0. The van der Waals surface area contributed by atoms with Crippen LogP contribution in [-0.2, 0) is 0 Å². The number of fused-ring (bicyclic) bond motifs is 2. The van der Waals surface area contributed by atoms with E-state index in [0.717, 1.165) is 55.0 Å². The van der Waals surface area contributed by atoms with Crippen LogP contribution in [0.15, 0.2) is 56.8 Å². The minimum absolute atomic E-state index is 0.0920. The van der Waals surface area contributed by atoms with Gasteiger partial charge in [-0.15, -0.1) is 11.3 Å². The van der Waals surface area contributed by atoms with Gasteiger partial charge in [-0.3, -0.25) is 4.79 Å². The van der Waals surface area contributed by atoms with Gasteiger partial charge < -0.3 is 9.42 Å². The van der Waals surface area contributed by atoms with E-state index in [1.54, 1.807) is 23.1 Å². The Hall–Kier alpha value is -2.97. The van der Waals surface area contributed by atoms with Crippen molar-refractivity contribution in [3.8, 4) is 22.2 Å². The van der Waals surface area contributed by atoms with Crippen LogP contribution in [0.25, 0.3) is 22.2 Å². The van der Waals surface area contributed by atoms with E-state index in [9.17, 15) is 4.79 Å².